The minimum atomic E-state index is -0.862. The predicted octanol–water partition coefficient (Wildman–Crippen LogP) is 1.31. The van der Waals surface area contributed by atoms with Crippen molar-refractivity contribution in [2.45, 2.75) is 19.0 Å². The summed E-state index contributed by atoms with van der Waals surface area (Å²) in [6, 6.07) is 1.08. The number of hydrogen-bond donors (Lipinski definition) is 1. The number of aliphatic carboxylic acids is 1. The van der Waals surface area contributed by atoms with Crippen LogP contribution < -0.4 is 0 Å². The molecule has 0 saturated carbocycles. The van der Waals surface area contributed by atoms with Gasteiger partial charge in [-0.3, -0.25) is 14.7 Å². The maximum absolute atomic E-state index is 13.2. The minimum absolute atomic E-state index is 0.128. The largest absolute Gasteiger partial charge is 0.481 e. The van der Waals surface area contributed by atoms with Crippen molar-refractivity contribution in [3.63, 3.8) is 0 Å². The lowest BCUT2D eigenvalue weighted by Gasteiger charge is -2.31. The number of ether oxygens (including phenoxy) is 1. The van der Waals surface area contributed by atoms with Gasteiger partial charge in [-0.1, -0.05) is 0 Å². The molecule has 0 bridgehead atoms. The Morgan fingerprint density at radius 1 is 1.58 bits per heavy atom. The number of carboxylic acids is 1. The molecule has 2 rings (SSSR count). The molecule has 0 amide bonds. The molecule has 1 saturated heterocycles. The first-order chi connectivity index (χ1) is 9.00. The van der Waals surface area contributed by atoms with Crippen molar-refractivity contribution in [2.75, 3.05) is 20.3 Å². The average molecular weight is 268 g/mol. The normalized spacial score (nSPS) is 24.6. The first-order valence-electron chi connectivity index (χ1n) is 6.13. The SMILES string of the molecule is CC(c1cncc(F)c1)N(C)C1COCC1C(=O)O. The van der Waals surface area contributed by atoms with Gasteiger partial charge in [0.25, 0.3) is 0 Å². The van der Waals surface area contributed by atoms with E-state index in [0.717, 1.165) is 11.8 Å². The van der Waals surface area contributed by atoms with E-state index in [0.29, 0.717) is 6.61 Å². The van der Waals surface area contributed by atoms with Crippen molar-refractivity contribution < 1.29 is 19.0 Å². The van der Waals surface area contributed by atoms with Crippen LogP contribution in [0, 0.1) is 11.7 Å². The Labute approximate surface area is 111 Å². The van der Waals surface area contributed by atoms with Crippen LogP contribution in [0.15, 0.2) is 18.5 Å². The van der Waals surface area contributed by atoms with Crippen LogP contribution in [0.4, 0.5) is 4.39 Å². The molecule has 3 atom stereocenters. The van der Waals surface area contributed by atoms with E-state index < -0.39 is 17.7 Å². The van der Waals surface area contributed by atoms with Gasteiger partial charge in [-0.05, 0) is 25.6 Å². The first kappa shape index (κ1) is 13.9. The zero-order valence-corrected chi connectivity index (χ0v) is 10.9. The molecule has 1 aliphatic rings. The number of aromatic nitrogens is 1. The standard InChI is InChI=1S/C13H17FN2O3/c1-8(9-3-10(14)5-15-4-9)16(2)12-7-19-6-11(12)13(17)18/h3-5,8,11-12H,6-7H2,1-2H3,(H,17,18). The molecule has 3 unspecified atom stereocenters. The monoisotopic (exact) mass is 268 g/mol. The highest BCUT2D eigenvalue weighted by Gasteiger charge is 2.38. The van der Waals surface area contributed by atoms with Crippen LogP contribution in [0.2, 0.25) is 0 Å². The molecule has 104 valence electrons. The molecular weight excluding hydrogens is 251 g/mol. The van der Waals surface area contributed by atoms with Crippen molar-refractivity contribution in [3.8, 4) is 0 Å². The quantitative estimate of drug-likeness (QED) is 0.892. The zero-order valence-electron chi connectivity index (χ0n) is 10.9. The average Bonchev–Trinajstić information content (AvgIpc) is 2.86. The lowest BCUT2D eigenvalue weighted by atomic mass is 9.99. The number of likely N-dealkylation sites (N-methyl/N-ethyl adjacent to an activating group) is 1. The predicted molar refractivity (Wildman–Crippen MR) is 66.1 cm³/mol. The molecular formula is C13H17FN2O3. The van der Waals surface area contributed by atoms with Gasteiger partial charge >= 0.3 is 5.97 Å². The Morgan fingerprint density at radius 3 is 2.95 bits per heavy atom. The number of pyridine rings is 1. The summed E-state index contributed by atoms with van der Waals surface area (Å²) in [4.78, 5) is 16.9. The van der Waals surface area contributed by atoms with Gasteiger partial charge in [0, 0.05) is 18.3 Å². The summed E-state index contributed by atoms with van der Waals surface area (Å²) in [5.41, 5.74) is 0.721. The number of carbonyl (C=O) groups is 1. The van der Waals surface area contributed by atoms with E-state index in [2.05, 4.69) is 4.98 Å². The molecule has 5 nitrogen and oxygen atoms in total. The number of carboxylic acid groups (broad SMARTS) is 1. The third-order valence-electron chi connectivity index (χ3n) is 3.71. The lowest BCUT2D eigenvalue weighted by molar-refractivity contribution is -0.143. The highest BCUT2D eigenvalue weighted by atomic mass is 19.1. The fraction of sp³-hybridized carbons (Fsp3) is 0.538. The highest BCUT2D eigenvalue weighted by Crippen LogP contribution is 2.27. The fourth-order valence-corrected chi connectivity index (χ4v) is 2.36. The molecule has 2 heterocycles. The molecule has 19 heavy (non-hydrogen) atoms. The zero-order chi connectivity index (χ0) is 14.0. The van der Waals surface area contributed by atoms with E-state index in [4.69, 9.17) is 9.84 Å². The third kappa shape index (κ3) is 2.90. The highest BCUT2D eigenvalue weighted by molar-refractivity contribution is 5.71. The lowest BCUT2D eigenvalue weighted by Crippen LogP contribution is -2.42. The second-order valence-electron chi connectivity index (χ2n) is 4.83. The van der Waals surface area contributed by atoms with E-state index in [-0.39, 0.29) is 18.7 Å². The van der Waals surface area contributed by atoms with Crippen LogP contribution in [0.1, 0.15) is 18.5 Å². The molecule has 0 spiro atoms. The van der Waals surface area contributed by atoms with Crippen LogP contribution in [-0.2, 0) is 9.53 Å². The van der Waals surface area contributed by atoms with Crippen molar-refractivity contribution in [1.82, 2.24) is 9.88 Å². The number of hydrogen-bond acceptors (Lipinski definition) is 4. The maximum Gasteiger partial charge on any atom is 0.310 e. The second-order valence-corrected chi connectivity index (χ2v) is 4.83. The Morgan fingerprint density at radius 2 is 2.32 bits per heavy atom. The summed E-state index contributed by atoms with van der Waals surface area (Å²) in [5.74, 6) is -1.80. The van der Waals surface area contributed by atoms with Gasteiger partial charge in [0.1, 0.15) is 5.82 Å². The Hall–Kier alpha value is -1.53. The molecule has 1 aromatic heterocycles. The van der Waals surface area contributed by atoms with Gasteiger partial charge in [-0.25, -0.2) is 4.39 Å². The Kier molecular flexibility index (Phi) is 4.11. The van der Waals surface area contributed by atoms with Gasteiger partial charge in [-0.2, -0.15) is 0 Å². The summed E-state index contributed by atoms with van der Waals surface area (Å²) in [6.45, 7) is 2.49. The van der Waals surface area contributed by atoms with Gasteiger partial charge in [-0.15, -0.1) is 0 Å². The molecule has 0 aliphatic carbocycles. The van der Waals surface area contributed by atoms with Gasteiger partial charge < -0.3 is 9.84 Å². The maximum atomic E-state index is 13.2. The molecule has 1 aromatic rings. The van der Waals surface area contributed by atoms with Crippen molar-refractivity contribution in [1.29, 1.82) is 0 Å². The van der Waals surface area contributed by atoms with Crippen LogP contribution >= 0.6 is 0 Å². The van der Waals surface area contributed by atoms with E-state index >= 15 is 0 Å². The fourth-order valence-electron chi connectivity index (χ4n) is 2.36. The van der Waals surface area contributed by atoms with Gasteiger partial charge in [0.2, 0.25) is 0 Å². The molecule has 1 N–H and O–H groups in total. The van der Waals surface area contributed by atoms with Crippen LogP contribution in [0.3, 0.4) is 0 Å². The van der Waals surface area contributed by atoms with Gasteiger partial charge in [0.05, 0.1) is 25.3 Å². The summed E-state index contributed by atoms with van der Waals surface area (Å²) in [6.07, 6.45) is 2.74. The smallest absolute Gasteiger partial charge is 0.310 e. The van der Waals surface area contributed by atoms with E-state index in [9.17, 15) is 9.18 Å². The molecule has 1 fully saturated rings. The third-order valence-corrected chi connectivity index (χ3v) is 3.71. The van der Waals surface area contributed by atoms with E-state index in [1.165, 1.54) is 6.07 Å². The Balaban J connectivity index is 2.14. The second kappa shape index (κ2) is 5.63. The number of nitrogens with zero attached hydrogens (tertiary/aromatic N) is 2. The summed E-state index contributed by atoms with van der Waals surface area (Å²) in [7, 11) is 1.82. The molecule has 1 aliphatic heterocycles. The van der Waals surface area contributed by atoms with Crippen LogP contribution in [0.5, 0.6) is 0 Å². The van der Waals surface area contributed by atoms with E-state index in [1.54, 1.807) is 6.20 Å². The summed E-state index contributed by atoms with van der Waals surface area (Å²) in [5, 5.41) is 9.15. The Bertz CT molecular complexity index is 469. The van der Waals surface area contributed by atoms with Crippen LogP contribution in [-0.4, -0.2) is 47.3 Å². The van der Waals surface area contributed by atoms with Crippen LogP contribution in [0.25, 0.3) is 0 Å². The summed E-state index contributed by atoms with van der Waals surface area (Å²) < 4.78 is 18.4. The van der Waals surface area contributed by atoms with E-state index in [1.807, 2.05) is 18.9 Å². The van der Waals surface area contributed by atoms with Crippen molar-refractivity contribution in [3.05, 3.63) is 29.8 Å². The van der Waals surface area contributed by atoms with Gasteiger partial charge in [0.15, 0.2) is 0 Å². The van der Waals surface area contributed by atoms with Crippen molar-refractivity contribution >= 4 is 5.97 Å². The number of halogens is 1. The summed E-state index contributed by atoms with van der Waals surface area (Å²) >= 11 is 0. The molecule has 0 aromatic carbocycles. The minimum Gasteiger partial charge on any atom is -0.481 e. The topological polar surface area (TPSA) is 62.7 Å². The molecule has 6 heteroatoms. The van der Waals surface area contributed by atoms with Crippen molar-refractivity contribution in [2.24, 2.45) is 5.92 Å². The number of rotatable bonds is 4. The molecule has 0 radical (unpaired) electrons. The first-order valence-corrected chi connectivity index (χ1v) is 6.13.